The van der Waals surface area contributed by atoms with Gasteiger partial charge in [-0.25, -0.2) is 8.78 Å². The van der Waals surface area contributed by atoms with Crippen LogP contribution in [0, 0.1) is 18.6 Å². The number of furan rings is 1. The number of carbonyl (C=O) groups excluding carboxylic acids is 1. The first-order valence-electron chi connectivity index (χ1n) is 7.80. The van der Waals surface area contributed by atoms with Crippen LogP contribution in [0.15, 0.2) is 34.7 Å². The molecule has 0 saturated heterocycles. The van der Waals surface area contributed by atoms with Crippen molar-refractivity contribution in [1.82, 2.24) is 9.88 Å². The van der Waals surface area contributed by atoms with Crippen LogP contribution in [-0.4, -0.2) is 30.7 Å². The van der Waals surface area contributed by atoms with Gasteiger partial charge in [0.2, 0.25) is 0 Å². The predicted molar refractivity (Wildman–Crippen MR) is 88.6 cm³/mol. The second-order valence-corrected chi connectivity index (χ2v) is 5.72. The van der Waals surface area contributed by atoms with Gasteiger partial charge in [0, 0.05) is 32.3 Å². The number of methoxy groups -OCH3 is 1. The molecule has 0 aliphatic heterocycles. The van der Waals surface area contributed by atoms with Crippen LogP contribution in [0.2, 0.25) is 0 Å². The Labute approximate surface area is 143 Å². The Bertz CT molecular complexity index is 915. The molecular formula is C18H18F2N2O3. The summed E-state index contributed by atoms with van der Waals surface area (Å²) in [5.74, 6) is -1.41. The molecule has 0 aliphatic rings. The van der Waals surface area contributed by atoms with Gasteiger partial charge in [0.1, 0.15) is 11.5 Å². The summed E-state index contributed by atoms with van der Waals surface area (Å²) < 4.78 is 38.9. The fraction of sp³-hybridized carbons (Fsp3) is 0.278. The van der Waals surface area contributed by atoms with Crippen molar-refractivity contribution in [3.8, 4) is 0 Å². The van der Waals surface area contributed by atoms with Crippen LogP contribution in [-0.2, 0) is 11.3 Å². The van der Waals surface area contributed by atoms with Crippen molar-refractivity contribution in [2.75, 3.05) is 20.3 Å². The van der Waals surface area contributed by atoms with Gasteiger partial charge in [0.25, 0.3) is 5.91 Å². The second kappa shape index (κ2) is 7.06. The van der Waals surface area contributed by atoms with Crippen molar-refractivity contribution in [2.24, 2.45) is 0 Å². The minimum atomic E-state index is -0.921. The van der Waals surface area contributed by atoms with E-state index in [1.165, 1.54) is 6.07 Å². The molecule has 0 atom stereocenters. The summed E-state index contributed by atoms with van der Waals surface area (Å²) in [5.41, 5.74) is 2.21. The summed E-state index contributed by atoms with van der Waals surface area (Å²) in [6.07, 6.45) is 0. The normalized spacial score (nSPS) is 11.2. The highest BCUT2D eigenvalue weighted by atomic mass is 19.2. The number of rotatable bonds is 6. The molecule has 1 amide bonds. The summed E-state index contributed by atoms with van der Waals surface area (Å²) in [4.78, 5) is 12.4. The molecule has 2 aromatic heterocycles. The summed E-state index contributed by atoms with van der Waals surface area (Å²) >= 11 is 0. The minimum absolute atomic E-state index is 0.215. The lowest BCUT2D eigenvalue weighted by Gasteiger charge is -2.11. The Morgan fingerprint density at radius 1 is 1.24 bits per heavy atom. The third-order valence-electron chi connectivity index (χ3n) is 3.86. The van der Waals surface area contributed by atoms with Crippen LogP contribution in [0.4, 0.5) is 8.78 Å². The van der Waals surface area contributed by atoms with E-state index in [0.29, 0.717) is 35.8 Å². The number of fused-ring (bicyclic) bond motifs is 1. The Hall–Kier alpha value is -2.67. The molecule has 3 rings (SSSR count). The number of hydrogen-bond donors (Lipinski definition) is 1. The highest BCUT2D eigenvalue weighted by Gasteiger charge is 2.19. The van der Waals surface area contributed by atoms with Crippen molar-refractivity contribution in [3.05, 3.63) is 59.0 Å². The average molecular weight is 348 g/mol. The van der Waals surface area contributed by atoms with Gasteiger partial charge in [-0.1, -0.05) is 6.07 Å². The molecule has 25 heavy (non-hydrogen) atoms. The Kier molecular flexibility index (Phi) is 4.85. The average Bonchev–Trinajstić information content (AvgIpc) is 3.08. The van der Waals surface area contributed by atoms with Gasteiger partial charge in [-0.3, -0.25) is 4.79 Å². The maximum Gasteiger partial charge on any atom is 0.268 e. The van der Waals surface area contributed by atoms with Gasteiger partial charge < -0.3 is 19.0 Å². The first-order valence-corrected chi connectivity index (χ1v) is 7.80. The Balaban J connectivity index is 1.96. The van der Waals surface area contributed by atoms with Crippen LogP contribution in [0.3, 0.4) is 0 Å². The molecule has 132 valence electrons. The Morgan fingerprint density at radius 3 is 2.76 bits per heavy atom. The van der Waals surface area contributed by atoms with Gasteiger partial charge in [-0.05, 0) is 24.6 Å². The van der Waals surface area contributed by atoms with Crippen LogP contribution < -0.4 is 5.32 Å². The number of nitrogens with zero attached hydrogens (tertiary/aromatic N) is 1. The summed E-state index contributed by atoms with van der Waals surface area (Å²) in [5, 5.41) is 2.75. The number of benzene rings is 1. The molecule has 1 aromatic carbocycles. The number of carbonyl (C=O) groups is 1. The lowest BCUT2D eigenvalue weighted by Crippen LogP contribution is -2.29. The highest BCUT2D eigenvalue weighted by Crippen LogP contribution is 2.25. The van der Waals surface area contributed by atoms with Gasteiger partial charge in [0.05, 0.1) is 12.1 Å². The molecule has 3 aromatic rings. The smallest absolute Gasteiger partial charge is 0.268 e. The first kappa shape index (κ1) is 17.2. The molecule has 5 nitrogen and oxygen atoms in total. The molecular weight excluding hydrogens is 330 g/mol. The third kappa shape index (κ3) is 3.56. The number of hydrogen-bond acceptors (Lipinski definition) is 3. The fourth-order valence-electron chi connectivity index (χ4n) is 2.70. The van der Waals surface area contributed by atoms with Crippen molar-refractivity contribution in [2.45, 2.75) is 13.5 Å². The van der Waals surface area contributed by atoms with Crippen molar-refractivity contribution in [1.29, 1.82) is 0 Å². The van der Waals surface area contributed by atoms with E-state index in [1.807, 2.05) is 0 Å². The summed E-state index contributed by atoms with van der Waals surface area (Å²) in [7, 11) is 1.55. The number of halogens is 2. The fourth-order valence-corrected chi connectivity index (χ4v) is 2.70. The SMILES string of the molecule is COCCNC(=O)c1cc2oc(C)cc2n1Cc1ccc(F)c(F)c1. The van der Waals surface area contributed by atoms with Crippen LogP contribution in [0.25, 0.3) is 11.1 Å². The molecule has 0 spiro atoms. The van der Waals surface area contributed by atoms with Crippen molar-refractivity contribution >= 4 is 17.0 Å². The predicted octanol–water partition coefficient (Wildman–Crippen LogP) is 3.25. The molecule has 0 bridgehead atoms. The number of aromatic nitrogens is 1. The van der Waals surface area contributed by atoms with E-state index in [4.69, 9.17) is 9.15 Å². The van der Waals surface area contributed by atoms with E-state index in [2.05, 4.69) is 5.32 Å². The largest absolute Gasteiger partial charge is 0.460 e. The maximum absolute atomic E-state index is 13.5. The quantitative estimate of drug-likeness (QED) is 0.696. The molecule has 7 heteroatoms. The zero-order valence-electron chi connectivity index (χ0n) is 13.9. The highest BCUT2D eigenvalue weighted by molar-refractivity contribution is 5.97. The van der Waals surface area contributed by atoms with Gasteiger partial charge >= 0.3 is 0 Å². The topological polar surface area (TPSA) is 56.4 Å². The van der Waals surface area contributed by atoms with Crippen LogP contribution in [0.1, 0.15) is 21.8 Å². The number of amides is 1. The van der Waals surface area contributed by atoms with E-state index >= 15 is 0 Å². The monoisotopic (exact) mass is 348 g/mol. The second-order valence-electron chi connectivity index (χ2n) is 5.72. The molecule has 0 radical (unpaired) electrons. The van der Waals surface area contributed by atoms with Crippen molar-refractivity contribution < 1.29 is 22.7 Å². The van der Waals surface area contributed by atoms with E-state index < -0.39 is 11.6 Å². The first-order chi connectivity index (χ1) is 12.0. The number of aryl methyl sites for hydroxylation is 1. The Morgan fingerprint density at radius 2 is 2.04 bits per heavy atom. The number of ether oxygens (including phenoxy) is 1. The standard InChI is InChI=1S/C18H18F2N2O3/c1-11-7-15-17(25-11)9-16(18(23)21-5-6-24-2)22(15)10-12-3-4-13(19)14(20)8-12/h3-4,7-9H,5-6,10H2,1-2H3,(H,21,23). The van der Waals surface area contributed by atoms with Crippen LogP contribution >= 0.6 is 0 Å². The van der Waals surface area contributed by atoms with Gasteiger partial charge in [-0.15, -0.1) is 0 Å². The zero-order chi connectivity index (χ0) is 18.0. The minimum Gasteiger partial charge on any atom is -0.460 e. The molecule has 0 fully saturated rings. The summed E-state index contributed by atoms with van der Waals surface area (Å²) in [6.45, 7) is 2.78. The van der Waals surface area contributed by atoms with E-state index in [1.54, 1.807) is 30.7 Å². The van der Waals surface area contributed by atoms with E-state index in [9.17, 15) is 13.6 Å². The molecule has 0 saturated carbocycles. The van der Waals surface area contributed by atoms with Crippen molar-refractivity contribution in [3.63, 3.8) is 0 Å². The lowest BCUT2D eigenvalue weighted by molar-refractivity contribution is 0.0928. The molecule has 0 aliphatic carbocycles. The molecule has 0 unspecified atom stereocenters. The van der Waals surface area contributed by atoms with Gasteiger partial charge in [0.15, 0.2) is 17.2 Å². The molecule has 2 heterocycles. The zero-order valence-corrected chi connectivity index (χ0v) is 13.9. The molecule has 1 N–H and O–H groups in total. The maximum atomic E-state index is 13.5. The van der Waals surface area contributed by atoms with E-state index in [0.717, 1.165) is 17.6 Å². The number of nitrogens with one attached hydrogen (secondary N) is 1. The van der Waals surface area contributed by atoms with E-state index in [-0.39, 0.29) is 12.5 Å². The lowest BCUT2D eigenvalue weighted by atomic mass is 10.2. The van der Waals surface area contributed by atoms with Crippen LogP contribution in [0.5, 0.6) is 0 Å². The summed E-state index contributed by atoms with van der Waals surface area (Å²) in [6, 6.07) is 7.14. The van der Waals surface area contributed by atoms with Gasteiger partial charge in [-0.2, -0.15) is 0 Å². The third-order valence-corrected chi connectivity index (χ3v) is 3.86.